The summed E-state index contributed by atoms with van der Waals surface area (Å²) in [6.07, 6.45) is 3.45. The number of hydrogen-bond donors (Lipinski definition) is 1. The summed E-state index contributed by atoms with van der Waals surface area (Å²) in [7, 11) is -1.77. The number of hydrogen-bond acceptors (Lipinski definition) is 3. The molecule has 1 aliphatic rings. The largest absolute Gasteiger partial charge is 0.352 e. The Balaban J connectivity index is 2.64. The Morgan fingerprint density at radius 1 is 1.47 bits per heavy atom. The molecule has 0 radical (unpaired) electrons. The minimum Gasteiger partial charge on any atom is -0.352 e. The van der Waals surface area contributed by atoms with Gasteiger partial charge in [0.25, 0.3) is 10.2 Å². The highest BCUT2D eigenvalue weighted by Crippen LogP contribution is 2.16. The van der Waals surface area contributed by atoms with Gasteiger partial charge in [0.2, 0.25) is 5.91 Å². The zero-order valence-corrected chi connectivity index (χ0v) is 12.9. The van der Waals surface area contributed by atoms with Crippen molar-refractivity contribution in [3.63, 3.8) is 0 Å². The van der Waals surface area contributed by atoms with Crippen LogP contribution in [-0.2, 0) is 15.0 Å². The van der Waals surface area contributed by atoms with Gasteiger partial charge in [-0.2, -0.15) is 17.0 Å². The molecule has 0 bridgehead atoms. The van der Waals surface area contributed by atoms with E-state index >= 15 is 0 Å². The Morgan fingerprint density at radius 2 is 2.16 bits per heavy atom. The monoisotopic (exact) mass is 291 g/mol. The first kappa shape index (κ1) is 16.4. The molecule has 0 spiro atoms. The molecule has 0 aromatic rings. The highest BCUT2D eigenvalue weighted by Gasteiger charge is 2.31. The van der Waals surface area contributed by atoms with Crippen LogP contribution in [0.5, 0.6) is 0 Å². The fourth-order valence-corrected chi connectivity index (χ4v) is 3.73. The van der Waals surface area contributed by atoms with Gasteiger partial charge in [0.1, 0.15) is 0 Å². The molecule has 6 nitrogen and oxygen atoms in total. The van der Waals surface area contributed by atoms with Crippen LogP contribution >= 0.6 is 0 Å². The highest BCUT2D eigenvalue weighted by molar-refractivity contribution is 7.86. The summed E-state index contributed by atoms with van der Waals surface area (Å²) in [5.41, 5.74) is 0. The minimum atomic E-state index is -3.39. The topological polar surface area (TPSA) is 69.7 Å². The van der Waals surface area contributed by atoms with Crippen LogP contribution in [0, 0.1) is 0 Å². The van der Waals surface area contributed by atoms with Gasteiger partial charge in [-0.1, -0.05) is 13.3 Å². The van der Waals surface area contributed by atoms with Gasteiger partial charge in [0.15, 0.2) is 0 Å². The predicted octanol–water partition coefficient (Wildman–Crippen LogP) is 0.564. The van der Waals surface area contributed by atoms with Gasteiger partial charge >= 0.3 is 0 Å². The van der Waals surface area contributed by atoms with Crippen molar-refractivity contribution in [3.8, 4) is 0 Å². The summed E-state index contributed by atoms with van der Waals surface area (Å²) >= 11 is 0. The van der Waals surface area contributed by atoms with Crippen LogP contribution < -0.4 is 5.32 Å². The van der Waals surface area contributed by atoms with E-state index in [9.17, 15) is 13.2 Å². The van der Waals surface area contributed by atoms with Crippen molar-refractivity contribution in [2.24, 2.45) is 0 Å². The third kappa shape index (κ3) is 4.74. The maximum atomic E-state index is 12.4. The molecule has 0 aromatic carbocycles. The zero-order chi connectivity index (χ0) is 14.5. The Labute approximate surface area is 116 Å². The van der Waals surface area contributed by atoms with Gasteiger partial charge in [0.05, 0.1) is 0 Å². The first-order valence-corrected chi connectivity index (χ1v) is 8.26. The average Bonchev–Trinajstić information content (AvgIpc) is 2.35. The smallest absolute Gasteiger partial charge is 0.281 e. The molecule has 112 valence electrons. The van der Waals surface area contributed by atoms with E-state index in [1.807, 2.05) is 6.92 Å². The van der Waals surface area contributed by atoms with E-state index in [0.29, 0.717) is 19.6 Å². The lowest BCUT2D eigenvalue weighted by Crippen LogP contribution is -2.52. The van der Waals surface area contributed by atoms with Crippen LogP contribution in [0.3, 0.4) is 0 Å². The van der Waals surface area contributed by atoms with E-state index < -0.39 is 10.2 Å². The first-order valence-electron chi connectivity index (χ1n) is 6.86. The van der Waals surface area contributed by atoms with Gasteiger partial charge < -0.3 is 5.32 Å². The van der Waals surface area contributed by atoms with Crippen molar-refractivity contribution in [2.75, 3.05) is 26.7 Å². The quantitative estimate of drug-likeness (QED) is 0.777. The molecule has 0 saturated carbocycles. The molecular weight excluding hydrogens is 266 g/mol. The molecule has 1 rings (SSSR count). The third-order valence-corrected chi connectivity index (χ3v) is 5.29. The van der Waals surface area contributed by atoms with Crippen LogP contribution in [-0.4, -0.2) is 55.7 Å². The molecule has 1 N–H and O–H groups in total. The minimum absolute atomic E-state index is 0.0689. The number of rotatable bonds is 6. The van der Waals surface area contributed by atoms with Crippen molar-refractivity contribution in [1.29, 1.82) is 0 Å². The highest BCUT2D eigenvalue weighted by atomic mass is 32.2. The lowest BCUT2D eigenvalue weighted by molar-refractivity contribution is -0.119. The number of carbonyl (C=O) groups is 1. The van der Waals surface area contributed by atoms with Crippen LogP contribution in [0.1, 0.15) is 39.5 Å². The number of nitrogens with zero attached hydrogens (tertiary/aromatic N) is 2. The molecule has 19 heavy (non-hydrogen) atoms. The van der Waals surface area contributed by atoms with Gasteiger partial charge in [0, 0.05) is 39.6 Å². The third-order valence-electron chi connectivity index (χ3n) is 3.34. The second-order valence-corrected chi connectivity index (χ2v) is 7.12. The SMILES string of the molecule is CCCCN(C)S(=O)(=O)N1CCCC(NC(C)=O)C1. The molecular formula is C12H25N3O3S. The average molecular weight is 291 g/mol. The maximum Gasteiger partial charge on any atom is 0.281 e. The predicted molar refractivity (Wildman–Crippen MR) is 74.9 cm³/mol. The molecule has 1 unspecified atom stereocenters. The van der Waals surface area contributed by atoms with Crippen LogP contribution in [0.25, 0.3) is 0 Å². The van der Waals surface area contributed by atoms with E-state index in [2.05, 4.69) is 5.32 Å². The number of unbranched alkanes of at least 4 members (excludes halogenated alkanes) is 1. The van der Waals surface area contributed by atoms with E-state index in [-0.39, 0.29) is 11.9 Å². The molecule has 1 aliphatic heterocycles. The number of piperidine rings is 1. The summed E-state index contributed by atoms with van der Waals surface area (Å²) in [4.78, 5) is 11.1. The Bertz CT molecular complexity index is 397. The van der Waals surface area contributed by atoms with E-state index in [1.54, 1.807) is 7.05 Å². The summed E-state index contributed by atoms with van der Waals surface area (Å²) in [5, 5.41) is 2.80. The summed E-state index contributed by atoms with van der Waals surface area (Å²) in [6.45, 7) is 4.95. The van der Waals surface area contributed by atoms with Crippen molar-refractivity contribution in [3.05, 3.63) is 0 Å². The van der Waals surface area contributed by atoms with Gasteiger partial charge in [-0.05, 0) is 19.3 Å². The normalized spacial score (nSPS) is 21.6. The second-order valence-electron chi connectivity index (χ2n) is 5.08. The number of carbonyl (C=O) groups excluding carboxylic acids is 1. The van der Waals surface area contributed by atoms with Crippen molar-refractivity contribution in [2.45, 2.75) is 45.6 Å². The van der Waals surface area contributed by atoms with Gasteiger partial charge in [-0.3, -0.25) is 4.79 Å². The molecule has 0 aliphatic carbocycles. The first-order chi connectivity index (χ1) is 8.87. The van der Waals surface area contributed by atoms with E-state index in [4.69, 9.17) is 0 Å². The van der Waals surface area contributed by atoms with Crippen LogP contribution in [0.4, 0.5) is 0 Å². The lowest BCUT2D eigenvalue weighted by atomic mass is 10.1. The molecule has 1 atom stereocenters. The van der Waals surface area contributed by atoms with Crippen molar-refractivity contribution >= 4 is 16.1 Å². The molecule has 0 aromatic heterocycles. The van der Waals surface area contributed by atoms with Gasteiger partial charge in [-0.15, -0.1) is 0 Å². The maximum absolute atomic E-state index is 12.4. The number of nitrogens with one attached hydrogen (secondary N) is 1. The lowest BCUT2D eigenvalue weighted by Gasteiger charge is -2.34. The van der Waals surface area contributed by atoms with E-state index in [0.717, 1.165) is 25.7 Å². The van der Waals surface area contributed by atoms with Crippen molar-refractivity contribution in [1.82, 2.24) is 13.9 Å². The standard InChI is InChI=1S/C12H25N3O3S/c1-4-5-8-14(3)19(17,18)15-9-6-7-12(10-15)13-11(2)16/h12H,4-10H2,1-3H3,(H,13,16). The summed E-state index contributed by atoms with van der Waals surface area (Å²) in [5.74, 6) is -0.108. The van der Waals surface area contributed by atoms with Crippen molar-refractivity contribution < 1.29 is 13.2 Å². The fourth-order valence-electron chi connectivity index (χ4n) is 2.25. The van der Waals surface area contributed by atoms with Crippen LogP contribution in [0.15, 0.2) is 0 Å². The van der Waals surface area contributed by atoms with Gasteiger partial charge in [-0.25, -0.2) is 0 Å². The molecule has 7 heteroatoms. The fraction of sp³-hybridized carbons (Fsp3) is 0.917. The second kappa shape index (κ2) is 7.21. The van der Waals surface area contributed by atoms with Crippen LogP contribution in [0.2, 0.25) is 0 Å². The summed E-state index contributed by atoms with van der Waals surface area (Å²) in [6, 6.07) is -0.0689. The van der Waals surface area contributed by atoms with E-state index in [1.165, 1.54) is 15.5 Å². The number of amides is 1. The molecule has 1 saturated heterocycles. The summed E-state index contributed by atoms with van der Waals surface area (Å²) < 4.78 is 27.6. The Morgan fingerprint density at radius 3 is 2.74 bits per heavy atom. The molecule has 1 heterocycles. The Kier molecular flexibility index (Phi) is 6.22. The molecule has 1 fully saturated rings. The molecule has 1 amide bonds. The zero-order valence-electron chi connectivity index (χ0n) is 12.1. The Hall–Kier alpha value is -0.660.